The van der Waals surface area contributed by atoms with Crippen LogP contribution in [0.5, 0.6) is 5.75 Å². The molecule has 0 amide bonds. The van der Waals surface area contributed by atoms with Crippen LogP contribution in [0.15, 0.2) is 24.3 Å². The van der Waals surface area contributed by atoms with Gasteiger partial charge in [0.15, 0.2) is 0 Å². The van der Waals surface area contributed by atoms with Gasteiger partial charge in [-0.2, -0.15) is 28.6 Å². The molecule has 158 valence electrons. The summed E-state index contributed by atoms with van der Waals surface area (Å²) in [5.41, 5.74) is 0.838. The van der Waals surface area contributed by atoms with Crippen molar-refractivity contribution in [2.45, 2.75) is 87.8 Å². The molecule has 28 heavy (non-hydrogen) atoms. The summed E-state index contributed by atoms with van der Waals surface area (Å²) in [4.78, 5) is 0. The fourth-order valence-corrected chi connectivity index (χ4v) is 9.56. The van der Waals surface area contributed by atoms with Gasteiger partial charge in [0, 0.05) is 17.4 Å². The second-order valence-electron chi connectivity index (χ2n) is 8.13. The second kappa shape index (κ2) is 8.45. The predicted molar refractivity (Wildman–Crippen MR) is 104 cm³/mol. The molecule has 0 spiro atoms. The first-order valence-electron chi connectivity index (χ1n) is 10.1. The maximum atomic E-state index is 13.4. The zero-order valence-corrected chi connectivity index (χ0v) is 16.9. The first-order valence-corrected chi connectivity index (χ1v) is 12.2. The lowest BCUT2D eigenvalue weighted by Crippen LogP contribution is -2.42. The van der Waals surface area contributed by atoms with Crippen molar-refractivity contribution in [3.05, 3.63) is 30.9 Å². The van der Waals surface area contributed by atoms with E-state index in [4.69, 9.17) is 6.66 Å². The summed E-state index contributed by atoms with van der Waals surface area (Å²) in [5.74, 6) is -0.431. The van der Waals surface area contributed by atoms with E-state index in [9.17, 15) is 22.0 Å². The van der Waals surface area contributed by atoms with E-state index < -0.39 is 25.3 Å². The number of rotatable bonds is 5. The van der Waals surface area contributed by atoms with Crippen LogP contribution in [0.3, 0.4) is 0 Å². The smallest absolute Gasteiger partial charge is 0.426 e. The number of benzene rings is 1. The van der Waals surface area contributed by atoms with Gasteiger partial charge in [0.2, 0.25) is 0 Å². The fourth-order valence-electron chi connectivity index (χ4n) is 4.82. The largest absolute Gasteiger partial charge is 0.499 e. The maximum absolute atomic E-state index is 13.4. The first-order chi connectivity index (χ1) is 13.1. The monoisotopic (exact) mass is 422 g/mol. The third-order valence-corrected chi connectivity index (χ3v) is 11.2. The van der Waals surface area contributed by atoms with Gasteiger partial charge in [-0.05, 0) is 63.5 Å². The molecule has 0 heterocycles. The molecule has 2 aliphatic rings. The molecule has 0 atom stereocenters. The van der Waals surface area contributed by atoms with Gasteiger partial charge in [0.05, 0.1) is 5.30 Å². The highest BCUT2D eigenvalue weighted by molar-refractivity contribution is 7.85. The minimum Gasteiger partial charge on any atom is -0.426 e. The highest BCUT2D eigenvalue weighted by Crippen LogP contribution is 2.70. The summed E-state index contributed by atoms with van der Waals surface area (Å²) in [6.45, 7) is 4.72. The van der Waals surface area contributed by atoms with Gasteiger partial charge in [-0.15, -0.1) is 0 Å². The molecule has 7 heteroatoms. The van der Waals surface area contributed by atoms with Gasteiger partial charge >= 0.3 is 12.3 Å². The average Bonchev–Trinajstić information content (AvgIpc) is 2.68. The van der Waals surface area contributed by atoms with Crippen LogP contribution >= 0.6 is 7.26 Å². The molecular weight excluding hydrogens is 394 g/mol. The quantitative estimate of drug-likeness (QED) is 0.274. The molecular formula is C21H28F5OP. The van der Waals surface area contributed by atoms with Crippen LogP contribution in [0.25, 0.3) is 0 Å². The molecule has 2 saturated carbocycles. The van der Waals surface area contributed by atoms with E-state index in [1.807, 2.05) is 6.07 Å². The van der Waals surface area contributed by atoms with E-state index in [0.717, 1.165) is 56.7 Å². The minimum atomic E-state index is -5.74. The molecule has 0 unspecified atom stereocenters. The number of ether oxygens (including phenoxy) is 1. The first kappa shape index (κ1) is 21.8. The molecule has 2 fully saturated rings. The molecule has 0 N–H and O–H groups in total. The number of alkyl halides is 5. The van der Waals surface area contributed by atoms with E-state index in [2.05, 4.69) is 4.74 Å². The molecule has 2 aliphatic carbocycles. The van der Waals surface area contributed by atoms with E-state index in [-0.39, 0.29) is 0 Å². The lowest BCUT2D eigenvalue weighted by atomic mass is 9.99. The van der Waals surface area contributed by atoms with Crippen molar-refractivity contribution < 1.29 is 26.7 Å². The van der Waals surface area contributed by atoms with Crippen molar-refractivity contribution in [1.82, 2.24) is 0 Å². The lowest BCUT2D eigenvalue weighted by Gasteiger charge is -2.46. The summed E-state index contributed by atoms with van der Waals surface area (Å²) < 4.78 is 68.6. The van der Waals surface area contributed by atoms with Crippen molar-refractivity contribution in [1.29, 1.82) is 0 Å². The average molecular weight is 422 g/mol. The normalized spacial score (nSPS) is 20.9. The Kier molecular flexibility index (Phi) is 6.58. The van der Waals surface area contributed by atoms with Gasteiger partial charge < -0.3 is 4.74 Å². The van der Waals surface area contributed by atoms with Crippen molar-refractivity contribution in [2.75, 3.05) is 0 Å². The van der Waals surface area contributed by atoms with Crippen molar-refractivity contribution in [3.8, 4) is 5.75 Å². The van der Waals surface area contributed by atoms with Gasteiger partial charge in [-0.25, -0.2) is 0 Å². The molecule has 0 aliphatic heterocycles. The van der Waals surface area contributed by atoms with Crippen LogP contribution in [0.2, 0.25) is 0 Å². The Morgan fingerprint density at radius 2 is 1.32 bits per heavy atom. The van der Waals surface area contributed by atoms with Gasteiger partial charge in [0.1, 0.15) is 5.75 Å². The minimum absolute atomic E-state index is 0.419. The highest BCUT2D eigenvalue weighted by Gasteiger charge is 2.61. The second-order valence-corrected chi connectivity index (χ2v) is 12.0. The van der Waals surface area contributed by atoms with Gasteiger partial charge in [-0.1, -0.05) is 26.2 Å². The predicted octanol–water partition coefficient (Wildman–Crippen LogP) is 7.32. The molecule has 3 rings (SSSR count). The van der Waals surface area contributed by atoms with E-state index >= 15 is 0 Å². The molecule has 1 aromatic carbocycles. The SMILES string of the molecule is [CH2-][P+](c1cccc(OC(F)(F)C(F)(F)F)c1)(C1CCCCC1)C1CCCCC1. The molecule has 0 bridgehead atoms. The Morgan fingerprint density at radius 3 is 1.79 bits per heavy atom. The van der Waals surface area contributed by atoms with Crippen molar-refractivity contribution in [3.63, 3.8) is 0 Å². The topological polar surface area (TPSA) is 9.23 Å². The molecule has 1 nitrogen and oxygen atoms in total. The van der Waals surface area contributed by atoms with Crippen LogP contribution < -0.4 is 10.0 Å². The lowest BCUT2D eigenvalue weighted by molar-refractivity contribution is -0.360. The molecule has 0 radical (unpaired) electrons. The van der Waals surface area contributed by atoms with Crippen molar-refractivity contribution in [2.24, 2.45) is 0 Å². The number of hydrogen-bond acceptors (Lipinski definition) is 1. The Bertz CT molecular complexity index is 630. The van der Waals surface area contributed by atoms with Crippen LogP contribution in [-0.4, -0.2) is 23.6 Å². The van der Waals surface area contributed by atoms with Crippen LogP contribution in [0.1, 0.15) is 64.2 Å². The maximum Gasteiger partial charge on any atom is 0.499 e. The zero-order valence-electron chi connectivity index (χ0n) is 16.0. The third-order valence-electron chi connectivity index (χ3n) is 6.33. The zero-order chi connectivity index (χ0) is 20.4. The molecule has 0 saturated heterocycles. The number of hydrogen-bond donors (Lipinski definition) is 0. The van der Waals surface area contributed by atoms with Gasteiger partial charge in [0.25, 0.3) is 0 Å². The van der Waals surface area contributed by atoms with Crippen molar-refractivity contribution >= 4 is 12.6 Å². The fraction of sp³-hybridized carbons (Fsp3) is 0.667. The Morgan fingerprint density at radius 1 is 0.821 bits per heavy atom. The van der Waals surface area contributed by atoms with Crippen LogP contribution in [0, 0.1) is 6.66 Å². The summed E-state index contributed by atoms with van der Waals surface area (Å²) in [6, 6.07) is 5.98. The molecule has 0 aromatic heterocycles. The standard InChI is InChI=1S/C21H28F5OP/c1-28(17-10-4-2-5-11-17,18-12-6-3-7-13-18)19-14-8-9-16(15-19)27-21(25,26)20(22,23)24/h8-9,14-15,17-18H,1-7,10-13H2. The van der Waals surface area contributed by atoms with E-state index in [0.29, 0.717) is 11.3 Å². The van der Waals surface area contributed by atoms with Crippen LogP contribution in [-0.2, 0) is 0 Å². The highest BCUT2D eigenvalue weighted by atomic mass is 31.2. The number of halogens is 5. The van der Waals surface area contributed by atoms with E-state index in [1.165, 1.54) is 31.0 Å². The summed E-state index contributed by atoms with van der Waals surface area (Å²) in [6.07, 6.45) is 0.256. The third kappa shape index (κ3) is 4.47. The Balaban J connectivity index is 1.94. The Labute approximate surface area is 164 Å². The Hall–Kier alpha value is -0.900. The van der Waals surface area contributed by atoms with E-state index in [1.54, 1.807) is 0 Å². The summed E-state index contributed by atoms with van der Waals surface area (Å²) in [5, 5.41) is 0.835. The van der Waals surface area contributed by atoms with Crippen LogP contribution in [0.4, 0.5) is 22.0 Å². The molecule has 1 aromatic rings. The summed E-state index contributed by atoms with van der Waals surface area (Å²) in [7, 11) is -1.96. The summed E-state index contributed by atoms with van der Waals surface area (Å²) >= 11 is 0. The van der Waals surface area contributed by atoms with Gasteiger partial charge in [-0.3, -0.25) is 0 Å².